The van der Waals surface area contributed by atoms with Gasteiger partial charge in [0.15, 0.2) is 0 Å². The van der Waals surface area contributed by atoms with Gasteiger partial charge in [0.25, 0.3) is 5.91 Å². The molecule has 0 saturated carbocycles. The molecule has 0 aliphatic carbocycles. The first-order valence-electron chi connectivity index (χ1n) is 10.3. The molecule has 0 radical (unpaired) electrons. The van der Waals surface area contributed by atoms with E-state index >= 15 is 0 Å². The number of rotatable bonds is 7. The summed E-state index contributed by atoms with van der Waals surface area (Å²) in [5.74, 6) is 1.02. The van der Waals surface area contributed by atoms with Gasteiger partial charge in [-0.2, -0.15) is 0 Å². The predicted molar refractivity (Wildman–Crippen MR) is 124 cm³/mol. The molecule has 0 atom stereocenters. The summed E-state index contributed by atoms with van der Waals surface area (Å²) in [7, 11) is -2.18. The Morgan fingerprint density at radius 2 is 1.61 bits per heavy atom. The van der Waals surface area contributed by atoms with E-state index in [1.54, 1.807) is 35.2 Å². The van der Waals surface area contributed by atoms with Gasteiger partial charge in [0.05, 0.1) is 18.1 Å². The zero-order chi connectivity index (χ0) is 23.3. The summed E-state index contributed by atoms with van der Waals surface area (Å²) in [6.45, 7) is 2.31. The average Bonchev–Trinajstić information content (AvgIpc) is 2.85. The zero-order valence-corrected chi connectivity index (χ0v) is 18.8. The predicted octanol–water partition coefficient (Wildman–Crippen LogP) is 2.34. The molecule has 10 nitrogen and oxygen atoms in total. The molecule has 172 valence electrons. The number of hydrogen-bond acceptors (Lipinski definition) is 8. The van der Waals surface area contributed by atoms with Crippen molar-refractivity contribution in [2.24, 2.45) is 0 Å². The molecule has 0 bridgehead atoms. The second-order valence-corrected chi connectivity index (χ2v) is 9.14. The number of carbonyl (C=O) groups is 1. The second kappa shape index (κ2) is 9.94. The minimum absolute atomic E-state index is 0.0131. The maximum absolute atomic E-state index is 12.6. The molecule has 0 spiro atoms. The van der Waals surface area contributed by atoms with Crippen LogP contribution in [0.5, 0.6) is 0 Å². The Hall–Kier alpha value is -3.54. The van der Waals surface area contributed by atoms with Gasteiger partial charge < -0.3 is 20.3 Å². The number of carbonyl (C=O) groups excluding carboxylic acids is 1. The summed E-state index contributed by atoms with van der Waals surface area (Å²) in [5.41, 5.74) is 1.95. The van der Waals surface area contributed by atoms with Crippen molar-refractivity contribution in [2.45, 2.75) is 4.90 Å². The molecule has 3 aromatic rings. The SMILES string of the molecule is CNS(=O)(=O)c1cccc(Nc2cc(Nc3ccc(C(=O)N4CCOCC4)cc3)ncn2)c1. The molecule has 2 heterocycles. The molecule has 3 N–H and O–H groups in total. The van der Waals surface area contributed by atoms with Gasteiger partial charge in [-0.1, -0.05) is 6.07 Å². The van der Waals surface area contributed by atoms with Gasteiger partial charge in [-0.3, -0.25) is 4.79 Å². The lowest BCUT2D eigenvalue weighted by atomic mass is 10.1. The van der Waals surface area contributed by atoms with Crippen LogP contribution in [0.15, 0.2) is 65.8 Å². The molecule has 1 amide bonds. The molecule has 1 aliphatic heterocycles. The van der Waals surface area contributed by atoms with Crippen molar-refractivity contribution in [3.63, 3.8) is 0 Å². The number of aromatic nitrogens is 2. The van der Waals surface area contributed by atoms with Gasteiger partial charge >= 0.3 is 0 Å². The van der Waals surface area contributed by atoms with Crippen molar-refractivity contribution in [3.8, 4) is 0 Å². The molecule has 0 unspecified atom stereocenters. The summed E-state index contributed by atoms with van der Waals surface area (Å²) in [5, 5.41) is 6.26. The number of amides is 1. The number of sulfonamides is 1. The molecule has 11 heteroatoms. The number of anilines is 4. The minimum Gasteiger partial charge on any atom is -0.378 e. The molecule has 4 rings (SSSR count). The quantitative estimate of drug-likeness (QED) is 0.483. The Bertz CT molecular complexity index is 1230. The first kappa shape index (κ1) is 22.6. The van der Waals surface area contributed by atoms with E-state index in [2.05, 4.69) is 25.3 Å². The molecular formula is C22H24N6O4S. The Labute approximate surface area is 192 Å². The van der Waals surface area contributed by atoms with E-state index in [0.29, 0.717) is 49.2 Å². The smallest absolute Gasteiger partial charge is 0.254 e. The van der Waals surface area contributed by atoms with E-state index in [1.807, 2.05) is 12.1 Å². The van der Waals surface area contributed by atoms with Crippen molar-refractivity contribution in [1.29, 1.82) is 0 Å². The molecule has 1 saturated heterocycles. The van der Waals surface area contributed by atoms with Crippen LogP contribution in [0, 0.1) is 0 Å². The number of benzene rings is 2. The van der Waals surface area contributed by atoms with Gasteiger partial charge in [-0.15, -0.1) is 0 Å². The highest BCUT2D eigenvalue weighted by molar-refractivity contribution is 7.89. The highest BCUT2D eigenvalue weighted by atomic mass is 32.2. The number of ether oxygens (including phenoxy) is 1. The van der Waals surface area contributed by atoms with Gasteiger partial charge in [0.2, 0.25) is 10.0 Å². The van der Waals surface area contributed by atoms with E-state index in [-0.39, 0.29) is 10.8 Å². The molecular weight excluding hydrogens is 444 g/mol. The maximum Gasteiger partial charge on any atom is 0.254 e. The van der Waals surface area contributed by atoms with Crippen LogP contribution in [0.25, 0.3) is 0 Å². The van der Waals surface area contributed by atoms with E-state index < -0.39 is 10.0 Å². The third-order valence-electron chi connectivity index (χ3n) is 5.06. The normalized spacial score (nSPS) is 14.0. The van der Waals surface area contributed by atoms with Crippen LogP contribution in [0.3, 0.4) is 0 Å². The minimum atomic E-state index is -3.55. The van der Waals surface area contributed by atoms with Crippen LogP contribution in [-0.2, 0) is 14.8 Å². The van der Waals surface area contributed by atoms with Crippen LogP contribution in [0.4, 0.5) is 23.0 Å². The highest BCUT2D eigenvalue weighted by Crippen LogP contribution is 2.22. The van der Waals surface area contributed by atoms with Crippen molar-refractivity contribution in [2.75, 3.05) is 44.0 Å². The van der Waals surface area contributed by atoms with Crippen molar-refractivity contribution < 1.29 is 17.9 Å². The van der Waals surface area contributed by atoms with Crippen LogP contribution in [-0.4, -0.2) is 62.5 Å². The summed E-state index contributed by atoms with van der Waals surface area (Å²) >= 11 is 0. The van der Waals surface area contributed by atoms with Gasteiger partial charge in [0, 0.05) is 36.1 Å². The molecule has 1 fully saturated rings. The van der Waals surface area contributed by atoms with E-state index in [4.69, 9.17) is 4.74 Å². The topological polar surface area (TPSA) is 126 Å². The first-order valence-corrected chi connectivity index (χ1v) is 11.8. The zero-order valence-electron chi connectivity index (χ0n) is 18.0. The largest absolute Gasteiger partial charge is 0.378 e. The number of nitrogens with zero attached hydrogens (tertiary/aromatic N) is 3. The monoisotopic (exact) mass is 468 g/mol. The van der Waals surface area contributed by atoms with E-state index in [1.165, 1.54) is 25.5 Å². The third-order valence-corrected chi connectivity index (χ3v) is 6.47. The van der Waals surface area contributed by atoms with Crippen molar-refractivity contribution in [3.05, 3.63) is 66.5 Å². The van der Waals surface area contributed by atoms with Crippen molar-refractivity contribution in [1.82, 2.24) is 19.6 Å². The van der Waals surface area contributed by atoms with Crippen LogP contribution < -0.4 is 15.4 Å². The summed E-state index contributed by atoms with van der Waals surface area (Å²) in [6.07, 6.45) is 1.40. The number of hydrogen-bond donors (Lipinski definition) is 3. The van der Waals surface area contributed by atoms with Crippen molar-refractivity contribution >= 4 is 38.9 Å². The lowest BCUT2D eigenvalue weighted by Crippen LogP contribution is -2.40. The van der Waals surface area contributed by atoms with E-state index in [9.17, 15) is 13.2 Å². The molecule has 1 aliphatic rings. The molecule has 1 aromatic heterocycles. The third kappa shape index (κ3) is 5.64. The van der Waals surface area contributed by atoms with Crippen LogP contribution in [0.1, 0.15) is 10.4 Å². The number of morpholine rings is 1. The van der Waals surface area contributed by atoms with Crippen LogP contribution in [0.2, 0.25) is 0 Å². The lowest BCUT2D eigenvalue weighted by Gasteiger charge is -2.26. The fourth-order valence-corrected chi connectivity index (χ4v) is 4.07. The summed E-state index contributed by atoms with van der Waals surface area (Å²) < 4.78 is 31.6. The number of nitrogens with one attached hydrogen (secondary N) is 3. The lowest BCUT2D eigenvalue weighted by molar-refractivity contribution is 0.0303. The fraction of sp³-hybridized carbons (Fsp3) is 0.227. The van der Waals surface area contributed by atoms with Crippen LogP contribution >= 0.6 is 0 Å². The Morgan fingerprint density at radius 1 is 0.939 bits per heavy atom. The highest BCUT2D eigenvalue weighted by Gasteiger charge is 2.18. The first-order chi connectivity index (χ1) is 15.9. The molecule has 33 heavy (non-hydrogen) atoms. The Morgan fingerprint density at radius 3 is 2.27 bits per heavy atom. The summed E-state index contributed by atoms with van der Waals surface area (Å²) in [6, 6.07) is 15.3. The second-order valence-electron chi connectivity index (χ2n) is 7.26. The Kier molecular flexibility index (Phi) is 6.82. The Balaban J connectivity index is 1.43. The van der Waals surface area contributed by atoms with E-state index in [0.717, 1.165) is 5.69 Å². The average molecular weight is 469 g/mol. The standard InChI is InChI=1S/C22H24N6O4S/c1-23-33(30,31)19-4-2-3-18(13-19)27-21-14-20(24-15-25-21)26-17-7-5-16(6-8-17)22(29)28-9-11-32-12-10-28/h2-8,13-15,23H,9-12H2,1H3,(H2,24,25,26,27). The molecule has 2 aromatic carbocycles. The van der Waals surface area contributed by atoms with Gasteiger partial charge in [-0.25, -0.2) is 23.1 Å². The van der Waals surface area contributed by atoms with Gasteiger partial charge in [-0.05, 0) is 49.5 Å². The fourth-order valence-electron chi connectivity index (χ4n) is 3.29. The maximum atomic E-state index is 12.6. The van der Waals surface area contributed by atoms with Gasteiger partial charge in [0.1, 0.15) is 18.0 Å². The summed E-state index contributed by atoms with van der Waals surface area (Å²) in [4.78, 5) is 22.9.